The first-order valence-electron chi connectivity index (χ1n) is 9.96. The van der Waals surface area contributed by atoms with Crippen LogP contribution in [-0.4, -0.2) is 102 Å². The Hall–Kier alpha value is -0.960. The quantitative estimate of drug-likeness (QED) is 0.107. The number of phosphoric acid groups is 2. The van der Waals surface area contributed by atoms with Gasteiger partial charge in [-0.3, -0.25) is 28.0 Å². The first kappa shape index (κ1) is 29.6. The second-order valence-electron chi connectivity index (χ2n) is 7.64. The first-order chi connectivity index (χ1) is 16.7. The van der Waals surface area contributed by atoms with E-state index < -0.39 is 89.7 Å². The van der Waals surface area contributed by atoms with Crippen molar-refractivity contribution in [3.63, 3.8) is 0 Å². The summed E-state index contributed by atoms with van der Waals surface area (Å²) < 4.78 is 47.6. The maximum atomic E-state index is 12.0. The van der Waals surface area contributed by atoms with Crippen molar-refractivity contribution in [3.05, 3.63) is 27.4 Å². The molecule has 1 aromatic heterocycles. The van der Waals surface area contributed by atoms with Gasteiger partial charge in [0.1, 0.15) is 42.7 Å². The standard InChI is InChI=1S/C15H24N2O16P2S/c18-3-5-8(20)10(22)12(24)14(31-5)32-35(27,28)33-34(25,26)29-4-6-9(21)11(23)13(30-6)17-2-1-7(19)16-15(17)36/h1-2,5-6,8-14,18,20-24H,3-4H2,(H,25,26)(H,27,28)(H,16,19,36)/p-2/t5-,6-,8-,9-,10+,11-,12-,13-,14-/m1/s1. The summed E-state index contributed by atoms with van der Waals surface area (Å²) in [5, 5.41) is 58.6. The number of ether oxygens (including phenoxy) is 2. The molecule has 1 aromatic rings. The Bertz CT molecular complexity index is 1130. The zero-order chi connectivity index (χ0) is 27.0. The smallest absolute Gasteiger partial charge is 0.276 e. The fourth-order valence-corrected chi connectivity index (χ4v) is 5.68. The van der Waals surface area contributed by atoms with E-state index in [0.717, 1.165) is 16.8 Å². The Labute approximate surface area is 206 Å². The van der Waals surface area contributed by atoms with E-state index in [4.69, 9.17) is 26.8 Å². The third-order valence-electron chi connectivity index (χ3n) is 5.14. The molecule has 2 saturated heterocycles. The maximum Gasteiger partial charge on any atom is 0.276 e. The highest BCUT2D eigenvalue weighted by molar-refractivity contribution is 7.71. The Morgan fingerprint density at radius 3 is 2.25 bits per heavy atom. The Morgan fingerprint density at radius 1 is 1.00 bits per heavy atom. The van der Waals surface area contributed by atoms with Crippen LogP contribution in [0.5, 0.6) is 0 Å². The van der Waals surface area contributed by atoms with E-state index >= 15 is 0 Å². The molecule has 0 bridgehead atoms. The van der Waals surface area contributed by atoms with Crippen molar-refractivity contribution in [1.82, 2.24) is 9.55 Å². The van der Waals surface area contributed by atoms with Crippen molar-refractivity contribution in [3.8, 4) is 0 Å². The molecule has 36 heavy (non-hydrogen) atoms. The van der Waals surface area contributed by atoms with Gasteiger partial charge in [-0.15, -0.1) is 0 Å². The molecule has 11 atom stereocenters. The third kappa shape index (κ3) is 6.72. The van der Waals surface area contributed by atoms with Crippen molar-refractivity contribution in [2.24, 2.45) is 0 Å². The number of aromatic amines is 1. The molecule has 0 saturated carbocycles. The van der Waals surface area contributed by atoms with E-state index in [2.05, 4.69) is 18.3 Å². The highest BCUT2D eigenvalue weighted by Gasteiger charge is 2.46. The molecule has 18 nitrogen and oxygen atoms in total. The summed E-state index contributed by atoms with van der Waals surface area (Å²) in [5.41, 5.74) is -0.554. The molecule has 2 aliphatic rings. The van der Waals surface area contributed by atoms with Gasteiger partial charge in [-0.25, -0.2) is 4.31 Å². The Kier molecular flexibility index (Phi) is 9.39. The minimum atomic E-state index is -5.88. The van der Waals surface area contributed by atoms with E-state index in [1.807, 2.05) is 0 Å². The van der Waals surface area contributed by atoms with Crippen LogP contribution in [-0.2, 0) is 32.0 Å². The molecular weight excluding hydrogens is 558 g/mol. The van der Waals surface area contributed by atoms with Crippen molar-refractivity contribution < 1.29 is 72.4 Å². The number of hydrogen-bond acceptors (Lipinski definition) is 17. The van der Waals surface area contributed by atoms with Crippen LogP contribution in [0.3, 0.4) is 0 Å². The summed E-state index contributed by atoms with van der Waals surface area (Å²) in [6.45, 7) is -1.97. The molecule has 21 heteroatoms. The largest absolute Gasteiger partial charge is 0.756 e. The number of H-pyrrole nitrogens is 1. The summed E-state index contributed by atoms with van der Waals surface area (Å²) in [6.07, 6.45) is -15.0. The number of nitrogens with zero attached hydrogens (tertiary/aromatic N) is 1. The lowest BCUT2D eigenvalue weighted by molar-refractivity contribution is -0.305. The normalized spacial score (nSPS) is 38.4. The molecule has 0 aliphatic carbocycles. The fraction of sp³-hybridized carbons (Fsp3) is 0.733. The van der Waals surface area contributed by atoms with Crippen molar-refractivity contribution >= 4 is 27.9 Å². The average Bonchev–Trinajstić information content (AvgIpc) is 3.06. The zero-order valence-corrected chi connectivity index (χ0v) is 20.4. The van der Waals surface area contributed by atoms with E-state index in [-0.39, 0.29) is 4.77 Å². The van der Waals surface area contributed by atoms with Crippen LogP contribution >= 0.6 is 27.9 Å². The monoisotopic (exact) mass is 580 g/mol. The van der Waals surface area contributed by atoms with Crippen molar-refractivity contribution in [2.45, 2.75) is 55.2 Å². The SMILES string of the molecule is O=c1ccn([C@@H]2O[C@H](COP(=O)([O-])OP(=O)([O-])O[C@H]3O[C@H](CO)[C@@H](O)[C@H](O)[C@H]3O)[C@@H](O)[C@H]2O)c(=S)[nH]1. The van der Waals surface area contributed by atoms with Gasteiger partial charge in [-0.2, -0.15) is 0 Å². The fourth-order valence-electron chi connectivity index (χ4n) is 3.34. The predicted octanol–water partition coefficient (Wildman–Crippen LogP) is -4.69. The number of phosphoric ester groups is 2. The Morgan fingerprint density at radius 2 is 1.64 bits per heavy atom. The van der Waals surface area contributed by atoms with E-state index in [1.165, 1.54) is 0 Å². The maximum absolute atomic E-state index is 12.0. The van der Waals surface area contributed by atoms with Gasteiger partial charge in [0.05, 0.1) is 13.2 Å². The van der Waals surface area contributed by atoms with Gasteiger partial charge in [0.2, 0.25) is 0 Å². The second kappa shape index (κ2) is 11.4. The summed E-state index contributed by atoms with van der Waals surface area (Å²) in [4.78, 5) is 37.6. The lowest BCUT2D eigenvalue weighted by Gasteiger charge is -2.41. The lowest BCUT2D eigenvalue weighted by Crippen LogP contribution is -2.59. The number of aromatic nitrogens is 2. The lowest BCUT2D eigenvalue weighted by atomic mass is 10.00. The molecule has 0 aromatic carbocycles. The van der Waals surface area contributed by atoms with Gasteiger partial charge in [0, 0.05) is 12.3 Å². The van der Waals surface area contributed by atoms with Gasteiger partial charge in [0.15, 0.2) is 17.3 Å². The highest BCUT2D eigenvalue weighted by atomic mass is 32.1. The van der Waals surface area contributed by atoms with Gasteiger partial charge < -0.3 is 54.4 Å². The number of aliphatic hydroxyl groups excluding tert-OH is 6. The molecular formula is C15H22N2O16P2S-2. The number of aliphatic hydroxyl groups is 6. The molecule has 0 amide bonds. The number of hydrogen-bond donors (Lipinski definition) is 7. The van der Waals surface area contributed by atoms with Gasteiger partial charge in [-0.05, 0) is 12.2 Å². The minimum absolute atomic E-state index is 0.184. The van der Waals surface area contributed by atoms with E-state index in [9.17, 15) is 49.2 Å². The molecule has 3 heterocycles. The topological polar surface area (TPSA) is 286 Å². The predicted molar refractivity (Wildman–Crippen MR) is 109 cm³/mol. The van der Waals surface area contributed by atoms with Crippen LogP contribution in [0.25, 0.3) is 0 Å². The van der Waals surface area contributed by atoms with Crippen LogP contribution < -0.4 is 15.3 Å². The van der Waals surface area contributed by atoms with Crippen LogP contribution in [0, 0.1) is 4.77 Å². The van der Waals surface area contributed by atoms with Crippen LogP contribution in [0.2, 0.25) is 0 Å². The van der Waals surface area contributed by atoms with Crippen LogP contribution in [0.1, 0.15) is 6.23 Å². The summed E-state index contributed by atoms with van der Waals surface area (Å²) >= 11 is 4.93. The van der Waals surface area contributed by atoms with Crippen molar-refractivity contribution in [1.29, 1.82) is 0 Å². The second-order valence-corrected chi connectivity index (χ2v) is 10.9. The third-order valence-corrected chi connectivity index (χ3v) is 7.99. The highest BCUT2D eigenvalue weighted by Crippen LogP contribution is 2.57. The first-order valence-corrected chi connectivity index (χ1v) is 13.3. The van der Waals surface area contributed by atoms with E-state index in [0.29, 0.717) is 0 Å². The van der Waals surface area contributed by atoms with Gasteiger partial charge >= 0.3 is 0 Å². The van der Waals surface area contributed by atoms with Crippen LogP contribution in [0.15, 0.2) is 17.1 Å². The average molecular weight is 580 g/mol. The van der Waals surface area contributed by atoms with Gasteiger partial charge in [-0.1, -0.05) is 0 Å². The molecule has 0 radical (unpaired) electrons. The molecule has 2 fully saturated rings. The number of rotatable bonds is 9. The molecule has 3 rings (SSSR count). The number of nitrogens with one attached hydrogen (secondary N) is 1. The molecule has 206 valence electrons. The van der Waals surface area contributed by atoms with Crippen molar-refractivity contribution in [2.75, 3.05) is 13.2 Å². The molecule has 2 unspecified atom stereocenters. The molecule has 7 N–H and O–H groups in total. The van der Waals surface area contributed by atoms with Gasteiger partial charge in [0.25, 0.3) is 21.2 Å². The van der Waals surface area contributed by atoms with Crippen LogP contribution in [0.4, 0.5) is 0 Å². The van der Waals surface area contributed by atoms with E-state index in [1.54, 1.807) is 0 Å². The summed E-state index contributed by atoms with van der Waals surface area (Å²) in [7, 11) is -11.6. The Balaban J connectivity index is 1.61. The minimum Gasteiger partial charge on any atom is -0.756 e. The summed E-state index contributed by atoms with van der Waals surface area (Å²) in [5.74, 6) is 0. The zero-order valence-electron chi connectivity index (χ0n) is 17.8. The molecule has 2 aliphatic heterocycles. The molecule has 0 spiro atoms. The summed E-state index contributed by atoms with van der Waals surface area (Å²) in [6, 6.07) is 1.04.